The molecule has 0 aliphatic heterocycles. The Hall–Kier alpha value is -2.35. The summed E-state index contributed by atoms with van der Waals surface area (Å²) in [6.07, 6.45) is 0. The summed E-state index contributed by atoms with van der Waals surface area (Å²) in [5, 5.41) is 1.10. The number of fused-ring (bicyclic) bond motifs is 1. The zero-order valence-corrected chi connectivity index (χ0v) is 14.8. The molecule has 0 fully saturated rings. The molecule has 2 aromatic carbocycles. The van der Waals surface area contributed by atoms with Crippen LogP contribution >= 0.6 is 11.6 Å². The zero-order chi connectivity index (χ0) is 18.0. The summed E-state index contributed by atoms with van der Waals surface area (Å²) >= 11 is 5.83. The Morgan fingerprint density at radius 1 is 1.16 bits per heavy atom. The lowest BCUT2D eigenvalue weighted by Gasteiger charge is -2.08. The van der Waals surface area contributed by atoms with E-state index in [1.807, 2.05) is 0 Å². The molecule has 3 aromatic rings. The quantitative estimate of drug-likeness (QED) is 0.714. The van der Waals surface area contributed by atoms with Gasteiger partial charge in [0.2, 0.25) is 10.0 Å². The lowest BCUT2D eigenvalue weighted by Crippen LogP contribution is -2.27. The summed E-state index contributed by atoms with van der Waals surface area (Å²) in [4.78, 5) is 15.0. The number of pyridine rings is 1. The molecule has 0 spiro atoms. The average molecular weight is 379 g/mol. The molecular weight excluding hydrogens is 364 g/mol. The lowest BCUT2D eigenvalue weighted by atomic mass is 10.1. The number of nitrogens with one attached hydrogen (secondary N) is 2. The van der Waals surface area contributed by atoms with E-state index >= 15 is 0 Å². The van der Waals surface area contributed by atoms with Crippen LogP contribution in [0, 0.1) is 0 Å². The lowest BCUT2D eigenvalue weighted by molar-refractivity contribution is 0.415. The molecule has 1 aromatic heterocycles. The smallest absolute Gasteiger partial charge is 0.252 e. The second kappa shape index (κ2) is 6.87. The third-order valence-electron chi connectivity index (χ3n) is 3.69. The van der Waals surface area contributed by atoms with E-state index in [2.05, 4.69) is 9.71 Å². The number of methoxy groups -OCH3 is 1. The van der Waals surface area contributed by atoms with Crippen molar-refractivity contribution < 1.29 is 13.2 Å². The number of hydrogen-bond donors (Lipinski definition) is 2. The fraction of sp³-hybridized carbons (Fsp3) is 0.118. The van der Waals surface area contributed by atoms with Crippen molar-refractivity contribution in [2.24, 2.45) is 0 Å². The van der Waals surface area contributed by atoms with Gasteiger partial charge in [0.15, 0.2) is 0 Å². The minimum atomic E-state index is -3.77. The van der Waals surface area contributed by atoms with Crippen molar-refractivity contribution in [3.05, 3.63) is 69.5 Å². The molecule has 130 valence electrons. The highest BCUT2D eigenvalue weighted by molar-refractivity contribution is 7.89. The summed E-state index contributed by atoms with van der Waals surface area (Å²) in [6.45, 7) is -0.133. The Kier molecular flexibility index (Phi) is 4.80. The fourth-order valence-electron chi connectivity index (χ4n) is 2.37. The van der Waals surface area contributed by atoms with Crippen LogP contribution in [0.3, 0.4) is 0 Å². The number of halogens is 1. The largest absolute Gasteiger partial charge is 0.497 e. The van der Waals surface area contributed by atoms with Crippen molar-refractivity contribution in [1.29, 1.82) is 0 Å². The monoisotopic (exact) mass is 378 g/mol. The van der Waals surface area contributed by atoms with E-state index in [1.54, 1.807) is 36.4 Å². The Labute approximate surface area is 149 Å². The van der Waals surface area contributed by atoms with Gasteiger partial charge in [0.1, 0.15) is 5.75 Å². The van der Waals surface area contributed by atoms with E-state index in [0.29, 0.717) is 21.9 Å². The summed E-state index contributed by atoms with van der Waals surface area (Å²) in [5.41, 5.74) is 0.559. The van der Waals surface area contributed by atoms with E-state index in [9.17, 15) is 13.2 Å². The number of H-pyrrole nitrogens is 1. The molecule has 0 atom stereocenters. The highest BCUT2D eigenvalue weighted by atomic mass is 35.5. The first-order valence-corrected chi connectivity index (χ1v) is 9.20. The first-order chi connectivity index (χ1) is 11.9. The number of aromatic nitrogens is 1. The topological polar surface area (TPSA) is 88.3 Å². The van der Waals surface area contributed by atoms with Crippen LogP contribution in [0.4, 0.5) is 0 Å². The Morgan fingerprint density at radius 3 is 2.68 bits per heavy atom. The summed E-state index contributed by atoms with van der Waals surface area (Å²) in [5.74, 6) is 0.623. The van der Waals surface area contributed by atoms with Gasteiger partial charge in [0, 0.05) is 23.2 Å². The van der Waals surface area contributed by atoms with Crippen molar-refractivity contribution in [2.45, 2.75) is 11.4 Å². The second-order valence-electron chi connectivity index (χ2n) is 5.36. The van der Waals surface area contributed by atoms with Crippen molar-refractivity contribution in [1.82, 2.24) is 9.71 Å². The first kappa shape index (κ1) is 17.5. The first-order valence-electron chi connectivity index (χ1n) is 7.34. The van der Waals surface area contributed by atoms with E-state index in [4.69, 9.17) is 16.3 Å². The standard InChI is InChI=1S/C17H15ClN2O4S/c1-24-14-6-5-11-7-12(17(21)20-16(11)9-14)10-19-25(22,23)15-4-2-3-13(18)8-15/h2-9,19H,10H2,1H3,(H,20,21). The van der Waals surface area contributed by atoms with Gasteiger partial charge in [-0.1, -0.05) is 17.7 Å². The maximum Gasteiger partial charge on any atom is 0.252 e. The molecule has 0 aliphatic rings. The van der Waals surface area contributed by atoms with Crippen LogP contribution in [0.1, 0.15) is 5.56 Å². The van der Waals surface area contributed by atoms with Gasteiger partial charge in [0.05, 0.1) is 17.5 Å². The van der Waals surface area contributed by atoms with Crippen molar-refractivity contribution in [2.75, 3.05) is 7.11 Å². The van der Waals surface area contributed by atoms with E-state index in [0.717, 1.165) is 5.39 Å². The van der Waals surface area contributed by atoms with Crippen LogP contribution in [-0.2, 0) is 16.6 Å². The van der Waals surface area contributed by atoms with Gasteiger partial charge in [-0.3, -0.25) is 4.79 Å². The summed E-state index contributed by atoms with van der Waals surface area (Å²) in [6, 6.07) is 12.8. The molecule has 25 heavy (non-hydrogen) atoms. The molecule has 8 heteroatoms. The Bertz CT molecular complexity index is 1090. The molecule has 0 amide bonds. The molecule has 0 unspecified atom stereocenters. The number of hydrogen-bond acceptors (Lipinski definition) is 4. The Balaban J connectivity index is 1.88. The van der Waals surface area contributed by atoms with Gasteiger partial charge in [-0.2, -0.15) is 0 Å². The number of aromatic amines is 1. The van der Waals surface area contributed by atoms with Crippen LogP contribution in [0.5, 0.6) is 5.75 Å². The highest BCUT2D eigenvalue weighted by Gasteiger charge is 2.15. The van der Waals surface area contributed by atoms with Crippen LogP contribution in [0.15, 0.2) is 58.2 Å². The molecule has 0 saturated carbocycles. The van der Waals surface area contributed by atoms with Gasteiger partial charge in [-0.15, -0.1) is 0 Å². The van der Waals surface area contributed by atoms with E-state index in [-0.39, 0.29) is 17.0 Å². The maximum absolute atomic E-state index is 12.3. The van der Waals surface area contributed by atoms with Crippen LogP contribution in [0.25, 0.3) is 10.9 Å². The molecule has 0 bridgehead atoms. The molecule has 2 N–H and O–H groups in total. The second-order valence-corrected chi connectivity index (χ2v) is 7.56. The van der Waals surface area contributed by atoms with Crippen LogP contribution < -0.4 is 15.0 Å². The molecule has 0 aliphatic carbocycles. The number of sulfonamides is 1. The van der Waals surface area contributed by atoms with Crippen LogP contribution in [0.2, 0.25) is 5.02 Å². The SMILES string of the molecule is COc1ccc2cc(CNS(=O)(=O)c3cccc(Cl)c3)c(=O)[nH]c2c1. The van der Waals surface area contributed by atoms with Gasteiger partial charge >= 0.3 is 0 Å². The molecule has 3 rings (SSSR count). The Morgan fingerprint density at radius 2 is 1.96 bits per heavy atom. The zero-order valence-electron chi connectivity index (χ0n) is 13.2. The van der Waals surface area contributed by atoms with Crippen molar-refractivity contribution in [3.63, 3.8) is 0 Å². The molecular formula is C17H15ClN2O4S. The molecule has 0 radical (unpaired) electrons. The number of rotatable bonds is 5. The molecule has 1 heterocycles. The van der Waals surface area contributed by atoms with Gasteiger partial charge < -0.3 is 9.72 Å². The third kappa shape index (κ3) is 3.84. The average Bonchev–Trinajstić information content (AvgIpc) is 2.59. The maximum atomic E-state index is 12.3. The predicted molar refractivity (Wildman–Crippen MR) is 96.6 cm³/mol. The van der Waals surface area contributed by atoms with E-state index < -0.39 is 10.0 Å². The fourth-order valence-corrected chi connectivity index (χ4v) is 3.68. The molecule has 6 nitrogen and oxygen atoms in total. The van der Waals surface area contributed by atoms with Crippen molar-refractivity contribution >= 4 is 32.5 Å². The van der Waals surface area contributed by atoms with Crippen LogP contribution in [-0.4, -0.2) is 20.5 Å². The minimum Gasteiger partial charge on any atom is -0.497 e. The number of ether oxygens (including phenoxy) is 1. The van der Waals surface area contributed by atoms with E-state index in [1.165, 1.54) is 19.2 Å². The highest BCUT2D eigenvalue weighted by Crippen LogP contribution is 2.19. The summed E-state index contributed by atoms with van der Waals surface area (Å²) < 4.78 is 32.2. The van der Waals surface area contributed by atoms with Gasteiger partial charge in [-0.25, -0.2) is 13.1 Å². The molecule has 0 saturated heterocycles. The normalized spacial score (nSPS) is 11.6. The predicted octanol–water partition coefficient (Wildman–Crippen LogP) is 2.67. The van der Waals surface area contributed by atoms with Crippen molar-refractivity contribution in [3.8, 4) is 5.75 Å². The van der Waals surface area contributed by atoms with Gasteiger partial charge in [0.25, 0.3) is 5.56 Å². The number of benzene rings is 2. The van der Waals surface area contributed by atoms with Gasteiger partial charge in [-0.05, 0) is 41.8 Å². The minimum absolute atomic E-state index is 0.0435. The third-order valence-corrected chi connectivity index (χ3v) is 5.32. The summed E-state index contributed by atoms with van der Waals surface area (Å²) in [7, 11) is -2.23.